The van der Waals surface area contributed by atoms with Crippen molar-refractivity contribution in [3.63, 3.8) is 0 Å². The molecule has 3 aliphatic rings. The topological polar surface area (TPSA) is 140 Å². The molecule has 59 heavy (non-hydrogen) atoms. The molecule has 300 valence electrons. The molecule has 0 bridgehead atoms. The van der Waals surface area contributed by atoms with E-state index in [0.29, 0.717) is 35.9 Å². The van der Waals surface area contributed by atoms with Crippen LogP contribution >= 0.6 is 0 Å². The molecule has 3 aliphatic heterocycles. The molecule has 3 fully saturated rings. The minimum Gasteiger partial charge on any atom is -0.453 e. The summed E-state index contributed by atoms with van der Waals surface area (Å²) >= 11 is 0. The van der Waals surface area contributed by atoms with E-state index in [-0.39, 0.29) is 29.9 Å². The van der Waals surface area contributed by atoms with Crippen molar-refractivity contribution < 1.29 is 19.1 Å². The molecule has 4 atom stereocenters. The Labute approximate surface area is 344 Å². The van der Waals surface area contributed by atoms with Crippen LogP contribution in [0.15, 0.2) is 97.3 Å². The van der Waals surface area contributed by atoms with E-state index in [0.717, 1.165) is 74.1 Å². The number of carbonyl (C=O) groups is 3. The van der Waals surface area contributed by atoms with E-state index in [9.17, 15) is 14.4 Å². The van der Waals surface area contributed by atoms with Crippen LogP contribution in [0.1, 0.15) is 114 Å². The number of ether oxygens (including phenoxy) is 1. The molecule has 0 aliphatic carbocycles. The highest BCUT2D eigenvalue weighted by atomic mass is 16.5. The van der Waals surface area contributed by atoms with Crippen molar-refractivity contribution in [2.24, 2.45) is 0 Å². The first-order valence-corrected chi connectivity index (χ1v) is 20.5. The van der Waals surface area contributed by atoms with Crippen LogP contribution in [0.2, 0.25) is 0 Å². The van der Waals surface area contributed by atoms with Gasteiger partial charge in [-0.25, -0.2) is 14.8 Å². The Morgan fingerprint density at radius 3 is 1.68 bits per heavy atom. The van der Waals surface area contributed by atoms with Gasteiger partial charge >= 0.3 is 6.09 Å². The van der Waals surface area contributed by atoms with Crippen LogP contribution < -0.4 is 5.32 Å². The van der Waals surface area contributed by atoms with E-state index in [1.807, 2.05) is 77.7 Å². The molecule has 0 spiro atoms. The average molecular weight is 789 g/mol. The minimum atomic E-state index is -0.883. The zero-order valence-electron chi connectivity index (χ0n) is 33.2. The fraction of sp³-hybridized carbons (Fsp3) is 0.340. The molecule has 3 N–H and O–H groups in total. The molecule has 0 saturated carbocycles. The van der Waals surface area contributed by atoms with Crippen molar-refractivity contribution in [1.29, 1.82) is 0 Å². The molecular formula is C47H48N8O4. The Morgan fingerprint density at radius 2 is 1.15 bits per heavy atom. The predicted molar refractivity (Wildman–Crippen MR) is 222 cm³/mol. The van der Waals surface area contributed by atoms with Crippen molar-refractivity contribution in [3.05, 3.63) is 143 Å². The number of piperidine rings is 1. The predicted octanol–water partition coefficient (Wildman–Crippen LogP) is 6.58. The van der Waals surface area contributed by atoms with E-state index in [1.165, 1.54) is 13.5 Å². The van der Waals surface area contributed by atoms with Gasteiger partial charge in [-0.05, 0) is 98.8 Å². The first-order valence-electron chi connectivity index (χ1n) is 20.5. The number of benzene rings is 3. The summed E-state index contributed by atoms with van der Waals surface area (Å²) in [4.78, 5) is 62.4. The van der Waals surface area contributed by atoms with Gasteiger partial charge in [0.1, 0.15) is 35.1 Å². The number of nitrogens with zero attached hydrogens (tertiary/aromatic N) is 5. The number of nitrogens with one attached hydrogen (secondary N) is 3. The summed E-state index contributed by atoms with van der Waals surface area (Å²) in [6.45, 7) is 3.13. The van der Waals surface area contributed by atoms with E-state index in [4.69, 9.17) is 9.72 Å². The van der Waals surface area contributed by atoms with Crippen LogP contribution in [0.25, 0.3) is 0 Å². The number of aromatic amines is 2. The zero-order valence-corrected chi connectivity index (χ0v) is 33.2. The maximum Gasteiger partial charge on any atom is 0.407 e. The van der Waals surface area contributed by atoms with Gasteiger partial charge < -0.3 is 29.8 Å². The number of H-pyrrole nitrogens is 2. The normalized spacial score (nSPS) is 18.9. The number of likely N-dealkylation sites (tertiary alicyclic amines) is 3. The maximum atomic E-state index is 14.3. The van der Waals surface area contributed by atoms with Crippen LogP contribution in [0, 0.1) is 23.7 Å². The molecule has 8 rings (SSSR count). The Bertz CT molecular complexity index is 2360. The van der Waals surface area contributed by atoms with Crippen LogP contribution in [-0.2, 0) is 14.3 Å². The second kappa shape index (κ2) is 18.3. The Kier molecular flexibility index (Phi) is 12.2. The van der Waals surface area contributed by atoms with Crippen molar-refractivity contribution >= 4 is 17.9 Å². The molecule has 0 radical (unpaired) electrons. The van der Waals surface area contributed by atoms with Gasteiger partial charge in [0.2, 0.25) is 5.91 Å². The summed E-state index contributed by atoms with van der Waals surface area (Å²) < 4.78 is 4.81. The lowest BCUT2D eigenvalue weighted by Gasteiger charge is -2.37. The zero-order chi connectivity index (χ0) is 40.6. The number of imidazole rings is 2. The summed E-state index contributed by atoms with van der Waals surface area (Å²) in [5.41, 5.74) is 4.71. The monoisotopic (exact) mass is 788 g/mol. The third-order valence-corrected chi connectivity index (χ3v) is 11.4. The lowest BCUT2D eigenvalue weighted by atomic mass is 10.00. The summed E-state index contributed by atoms with van der Waals surface area (Å²) in [7, 11) is 1.28. The van der Waals surface area contributed by atoms with Crippen molar-refractivity contribution in [3.8, 4) is 23.7 Å². The van der Waals surface area contributed by atoms with Gasteiger partial charge in [0, 0.05) is 24.2 Å². The quantitative estimate of drug-likeness (QED) is 0.151. The number of hydrogen-bond acceptors (Lipinski definition) is 7. The molecule has 4 unspecified atom stereocenters. The molecule has 5 heterocycles. The number of hydrogen-bond donors (Lipinski definition) is 3. The molecule has 5 aromatic rings. The van der Waals surface area contributed by atoms with Gasteiger partial charge in [0.15, 0.2) is 0 Å². The van der Waals surface area contributed by atoms with Crippen molar-refractivity contribution in [2.45, 2.75) is 69.1 Å². The summed E-state index contributed by atoms with van der Waals surface area (Å²) in [6.07, 6.45) is 9.55. The van der Waals surface area contributed by atoms with Gasteiger partial charge in [-0.2, -0.15) is 0 Å². The third-order valence-electron chi connectivity index (χ3n) is 11.4. The molecule has 3 amide bonds. The molecule has 2 aromatic heterocycles. The standard InChI is InChI=1S/C47H48N8O4/c1-59-47(58)52-41(35-13-5-2-6-14-35)45(56)54-29-11-17-39(54)43-48-31-37(50-43)25-23-33-19-21-34(22-20-33)24-26-38-32-49-44(51-38)40-18-12-30-55(40)46(57)42(36-15-7-3-8-16-36)53-27-9-4-10-28-53/h2-3,5-8,13-16,19-22,31-32,39-42H,4,9-12,17-18,27-30H2,1H3,(H,48,50)(H,49,51)(H,52,58). The summed E-state index contributed by atoms with van der Waals surface area (Å²) in [5, 5.41) is 2.70. The molecule has 12 nitrogen and oxygen atoms in total. The number of carbonyl (C=O) groups excluding carboxylic acids is 3. The number of amides is 3. The van der Waals surface area contributed by atoms with E-state index in [1.54, 1.807) is 17.3 Å². The van der Waals surface area contributed by atoms with Gasteiger partial charge in [-0.1, -0.05) is 78.9 Å². The highest BCUT2D eigenvalue weighted by Gasteiger charge is 2.39. The van der Waals surface area contributed by atoms with Crippen LogP contribution in [0.3, 0.4) is 0 Å². The summed E-state index contributed by atoms with van der Waals surface area (Å²) in [6, 6.07) is 25.5. The molecule has 3 aromatic carbocycles. The fourth-order valence-electron chi connectivity index (χ4n) is 8.44. The maximum absolute atomic E-state index is 14.3. The van der Waals surface area contributed by atoms with Gasteiger partial charge in [0.25, 0.3) is 5.91 Å². The number of methoxy groups -OCH3 is 1. The second-order valence-corrected chi connectivity index (χ2v) is 15.2. The van der Waals surface area contributed by atoms with E-state index in [2.05, 4.69) is 61.0 Å². The number of alkyl carbamates (subject to hydrolysis) is 1. The minimum absolute atomic E-state index is 0.111. The van der Waals surface area contributed by atoms with E-state index < -0.39 is 12.1 Å². The molecule has 3 saturated heterocycles. The van der Waals surface area contributed by atoms with Gasteiger partial charge in [-0.3, -0.25) is 14.5 Å². The highest BCUT2D eigenvalue weighted by molar-refractivity contribution is 5.87. The smallest absolute Gasteiger partial charge is 0.407 e. The van der Waals surface area contributed by atoms with Crippen molar-refractivity contribution in [2.75, 3.05) is 33.3 Å². The second-order valence-electron chi connectivity index (χ2n) is 15.2. The van der Waals surface area contributed by atoms with Gasteiger partial charge in [-0.15, -0.1) is 0 Å². The lowest BCUT2D eigenvalue weighted by Crippen LogP contribution is -2.44. The van der Waals surface area contributed by atoms with Gasteiger partial charge in [0.05, 0.1) is 31.6 Å². The Balaban J connectivity index is 0.901. The highest BCUT2D eigenvalue weighted by Crippen LogP contribution is 2.36. The van der Waals surface area contributed by atoms with Crippen LogP contribution in [0.4, 0.5) is 4.79 Å². The molecular weight excluding hydrogens is 741 g/mol. The molecule has 12 heteroatoms. The Hall–Kier alpha value is -6.63. The SMILES string of the molecule is COC(=O)NC(C(=O)N1CCCC1c1ncc(C#Cc2ccc(C#Cc3cnc(C4CCCN4C(=O)C(c4ccccc4)N4CCCCC4)[nH]3)cc2)[nH]1)c1ccccc1. The Morgan fingerprint density at radius 1 is 0.644 bits per heavy atom. The first-order chi connectivity index (χ1) is 28.9. The fourth-order valence-corrected chi connectivity index (χ4v) is 8.44. The van der Waals surface area contributed by atoms with E-state index >= 15 is 0 Å². The average Bonchev–Trinajstić information content (AvgIpc) is 4.13. The third kappa shape index (κ3) is 9.09. The van der Waals surface area contributed by atoms with Crippen LogP contribution in [-0.4, -0.2) is 85.8 Å². The lowest BCUT2D eigenvalue weighted by molar-refractivity contribution is -0.139. The number of aromatic nitrogens is 4. The summed E-state index contributed by atoms with van der Waals surface area (Å²) in [5.74, 6) is 14.1. The van der Waals surface area contributed by atoms with Crippen molar-refractivity contribution in [1.82, 2.24) is 40.0 Å². The van der Waals surface area contributed by atoms with Crippen LogP contribution in [0.5, 0.6) is 0 Å². The number of rotatable bonds is 8. The largest absolute Gasteiger partial charge is 0.453 e. The first kappa shape index (κ1) is 39.2.